The Morgan fingerprint density at radius 2 is 2.00 bits per heavy atom. The van der Waals surface area contributed by atoms with E-state index >= 15 is 0 Å². The van der Waals surface area contributed by atoms with Crippen LogP contribution in [-0.2, 0) is 11.3 Å². The first kappa shape index (κ1) is 14.1. The van der Waals surface area contributed by atoms with E-state index in [1.54, 1.807) is 18.2 Å². The monoisotopic (exact) mass is 315 g/mol. The molecule has 6 heteroatoms. The summed E-state index contributed by atoms with van der Waals surface area (Å²) in [5.74, 6) is -0.522. The van der Waals surface area contributed by atoms with Gasteiger partial charge in [0, 0.05) is 11.2 Å². The number of hydrogen-bond acceptors (Lipinski definition) is 3. The Morgan fingerprint density at radius 3 is 2.68 bits per heavy atom. The molecule has 0 saturated heterocycles. The third kappa shape index (κ3) is 3.83. The maximum atomic E-state index is 11.8. The molecule has 0 aliphatic carbocycles. The standard InChI is InChI=1S/C13H8Cl3NO2/c14-10-3-1-2-8(4-10)7-19-13(18)9-5-11(15)12(16)17-6-9/h1-6H,7H2. The number of halogens is 3. The van der Waals surface area contributed by atoms with Crippen molar-refractivity contribution < 1.29 is 9.53 Å². The molecule has 19 heavy (non-hydrogen) atoms. The molecule has 0 bridgehead atoms. The molecule has 3 nitrogen and oxygen atoms in total. The van der Waals surface area contributed by atoms with Crippen LogP contribution < -0.4 is 0 Å². The number of nitrogens with zero attached hydrogens (tertiary/aromatic N) is 1. The Labute approximate surface area is 125 Å². The molecule has 2 aromatic rings. The minimum Gasteiger partial charge on any atom is -0.457 e. The van der Waals surface area contributed by atoms with Crippen molar-refractivity contribution in [3.63, 3.8) is 0 Å². The molecule has 0 aliphatic heterocycles. The van der Waals surface area contributed by atoms with Gasteiger partial charge in [-0.1, -0.05) is 46.9 Å². The van der Waals surface area contributed by atoms with E-state index in [2.05, 4.69) is 4.98 Å². The molecular formula is C13H8Cl3NO2. The van der Waals surface area contributed by atoms with Gasteiger partial charge < -0.3 is 4.74 Å². The fourth-order valence-electron chi connectivity index (χ4n) is 1.39. The largest absolute Gasteiger partial charge is 0.457 e. The number of hydrogen-bond donors (Lipinski definition) is 0. The van der Waals surface area contributed by atoms with Crippen molar-refractivity contribution in [1.29, 1.82) is 0 Å². The van der Waals surface area contributed by atoms with Crippen molar-refractivity contribution in [3.05, 3.63) is 62.9 Å². The van der Waals surface area contributed by atoms with Crippen molar-refractivity contribution in [2.45, 2.75) is 6.61 Å². The molecule has 0 saturated carbocycles. The Hall–Kier alpha value is -1.29. The van der Waals surface area contributed by atoms with Crippen molar-refractivity contribution in [2.24, 2.45) is 0 Å². The van der Waals surface area contributed by atoms with E-state index in [9.17, 15) is 4.79 Å². The normalized spacial score (nSPS) is 10.3. The molecule has 2 rings (SSSR count). The summed E-state index contributed by atoms with van der Waals surface area (Å²) in [6.45, 7) is 0.125. The zero-order valence-electron chi connectivity index (χ0n) is 9.57. The highest BCUT2D eigenvalue weighted by Crippen LogP contribution is 2.20. The zero-order chi connectivity index (χ0) is 13.8. The second-order valence-corrected chi connectivity index (χ2v) is 4.90. The Bertz CT molecular complexity index is 617. The van der Waals surface area contributed by atoms with Gasteiger partial charge in [-0.05, 0) is 23.8 Å². The van der Waals surface area contributed by atoms with Gasteiger partial charge in [-0.3, -0.25) is 0 Å². The van der Waals surface area contributed by atoms with E-state index in [0.29, 0.717) is 5.02 Å². The van der Waals surface area contributed by atoms with Gasteiger partial charge >= 0.3 is 5.97 Å². The van der Waals surface area contributed by atoms with Gasteiger partial charge in [0.2, 0.25) is 0 Å². The van der Waals surface area contributed by atoms with Crippen LogP contribution in [0.25, 0.3) is 0 Å². The minimum absolute atomic E-state index is 0.125. The summed E-state index contributed by atoms with van der Waals surface area (Å²) in [6, 6.07) is 8.48. The maximum Gasteiger partial charge on any atom is 0.340 e. The van der Waals surface area contributed by atoms with Crippen LogP contribution >= 0.6 is 34.8 Å². The molecule has 0 radical (unpaired) electrons. The molecule has 1 aromatic carbocycles. The number of pyridine rings is 1. The molecular weight excluding hydrogens is 309 g/mol. The predicted octanol–water partition coefficient (Wildman–Crippen LogP) is 4.40. The Balaban J connectivity index is 2.03. The van der Waals surface area contributed by atoms with E-state index in [4.69, 9.17) is 39.5 Å². The third-order valence-electron chi connectivity index (χ3n) is 2.29. The van der Waals surface area contributed by atoms with Gasteiger partial charge in [0.1, 0.15) is 11.8 Å². The molecule has 0 N–H and O–H groups in total. The summed E-state index contributed by atoms with van der Waals surface area (Å²) in [6.07, 6.45) is 1.31. The number of carbonyl (C=O) groups is 1. The second-order valence-electron chi connectivity index (χ2n) is 3.70. The summed E-state index contributed by atoms with van der Waals surface area (Å²) in [5.41, 5.74) is 1.05. The lowest BCUT2D eigenvalue weighted by atomic mass is 10.2. The molecule has 1 heterocycles. The van der Waals surface area contributed by atoms with Crippen molar-refractivity contribution in [3.8, 4) is 0 Å². The van der Waals surface area contributed by atoms with Crippen LogP contribution in [-0.4, -0.2) is 11.0 Å². The van der Waals surface area contributed by atoms with Crippen LogP contribution in [0.2, 0.25) is 15.2 Å². The average molecular weight is 317 g/mol. The first-order valence-corrected chi connectivity index (χ1v) is 6.42. The van der Waals surface area contributed by atoms with Crippen LogP contribution in [0.1, 0.15) is 15.9 Å². The Morgan fingerprint density at radius 1 is 1.21 bits per heavy atom. The molecule has 0 fully saturated rings. The van der Waals surface area contributed by atoms with Gasteiger partial charge in [0.05, 0.1) is 10.6 Å². The second kappa shape index (κ2) is 6.24. The molecule has 98 valence electrons. The highest BCUT2D eigenvalue weighted by molar-refractivity contribution is 6.41. The van der Waals surface area contributed by atoms with Gasteiger partial charge in [-0.15, -0.1) is 0 Å². The third-order valence-corrected chi connectivity index (χ3v) is 3.21. The molecule has 0 aliphatic rings. The van der Waals surface area contributed by atoms with Crippen LogP contribution in [0, 0.1) is 0 Å². The smallest absolute Gasteiger partial charge is 0.340 e. The van der Waals surface area contributed by atoms with E-state index < -0.39 is 5.97 Å². The topological polar surface area (TPSA) is 39.2 Å². The van der Waals surface area contributed by atoms with Crippen molar-refractivity contribution in [2.75, 3.05) is 0 Å². The molecule has 1 aromatic heterocycles. The predicted molar refractivity (Wildman–Crippen MR) is 74.8 cm³/mol. The van der Waals surface area contributed by atoms with Crippen LogP contribution in [0.15, 0.2) is 36.5 Å². The van der Waals surface area contributed by atoms with E-state index in [0.717, 1.165) is 5.56 Å². The number of carbonyl (C=O) groups excluding carboxylic acids is 1. The number of aromatic nitrogens is 1. The minimum atomic E-state index is -0.522. The first-order valence-electron chi connectivity index (χ1n) is 5.29. The first-order chi connectivity index (χ1) is 9.06. The summed E-state index contributed by atoms with van der Waals surface area (Å²) in [5, 5.41) is 0.941. The van der Waals surface area contributed by atoms with E-state index in [1.165, 1.54) is 12.3 Å². The summed E-state index contributed by atoms with van der Waals surface area (Å²) < 4.78 is 5.12. The average Bonchev–Trinajstić information content (AvgIpc) is 2.39. The molecule has 0 spiro atoms. The quantitative estimate of drug-likeness (QED) is 0.622. The maximum absolute atomic E-state index is 11.8. The highest BCUT2D eigenvalue weighted by Gasteiger charge is 2.10. The molecule has 0 amide bonds. The number of benzene rings is 1. The van der Waals surface area contributed by atoms with Crippen LogP contribution in [0.3, 0.4) is 0 Å². The lowest BCUT2D eigenvalue weighted by molar-refractivity contribution is 0.0472. The van der Waals surface area contributed by atoms with Crippen molar-refractivity contribution >= 4 is 40.8 Å². The summed E-state index contributed by atoms with van der Waals surface area (Å²) in [4.78, 5) is 15.5. The highest BCUT2D eigenvalue weighted by atomic mass is 35.5. The molecule has 0 unspecified atom stereocenters. The number of esters is 1. The van der Waals surface area contributed by atoms with Crippen LogP contribution in [0.4, 0.5) is 0 Å². The van der Waals surface area contributed by atoms with E-state index in [-0.39, 0.29) is 22.3 Å². The summed E-state index contributed by atoms with van der Waals surface area (Å²) >= 11 is 17.3. The zero-order valence-corrected chi connectivity index (χ0v) is 11.8. The Kier molecular flexibility index (Phi) is 4.64. The number of rotatable bonds is 3. The fourth-order valence-corrected chi connectivity index (χ4v) is 1.87. The number of ether oxygens (including phenoxy) is 1. The summed E-state index contributed by atoms with van der Waals surface area (Å²) in [7, 11) is 0. The van der Waals surface area contributed by atoms with Crippen molar-refractivity contribution in [1.82, 2.24) is 4.98 Å². The van der Waals surface area contributed by atoms with Gasteiger partial charge in [-0.2, -0.15) is 0 Å². The molecule has 0 atom stereocenters. The van der Waals surface area contributed by atoms with Gasteiger partial charge in [-0.25, -0.2) is 9.78 Å². The fraction of sp³-hybridized carbons (Fsp3) is 0.0769. The van der Waals surface area contributed by atoms with E-state index in [1.807, 2.05) is 6.07 Å². The SMILES string of the molecule is O=C(OCc1cccc(Cl)c1)c1cnc(Cl)c(Cl)c1. The van der Waals surface area contributed by atoms with Gasteiger partial charge in [0.15, 0.2) is 0 Å². The lowest BCUT2D eigenvalue weighted by Gasteiger charge is -2.05. The lowest BCUT2D eigenvalue weighted by Crippen LogP contribution is -2.05. The van der Waals surface area contributed by atoms with Crippen LogP contribution in [0.5, 0.6) is 0 Å². The van der Waals surface area contributed by atoms with Gasteiger partial charge in [0.25, 0.3) is 0 Å².